The molecule has 0 saturated carbocycles. The summed E-state index contributed by atoms with van der Waals surface area (Å²) in [6.07, 6.45) is 1.37. The van der Waals surface area contributed by atoms with Crippen LogP contribution in [0.1, 0.15) is 47.0 Å². The second-order valence-corrected chi connectivity index (χ2v) is 8.54. The summed E-state index contributed by atoms with van der Waals surface area (Å²) in [6, 6.07) is -2.38. The number of likely N-dealkylation sites (tertiary alicyclic amines) is 1. The molecule has 6 N–H and O–H groups in total. The van der Waals surface area contributed by atoms with Crippen LogP contribution in [0.25, 0.3) is 0 Å². The van der Waals surface area contributed by atoms with Crippen molar-refractivity contribution in [2.24, 2.45) is 17.6 Å². The van der Waals surface area contributed by atoms with Gasteiger partial charge in [-0.05, 0) is 31.1 Å². The number of nitrogens with zero attached hydrogens (tertiary/aromatic N) is 1. The first-order valence-corrected chi connectivity index (χ1v) is 10.6. The Labute approximate surface area is 182 Å². The van der Waals surface area contributed by atoms with Crippen molar-refractivity contribution in [2.45, 2.75) is 65.1 Å². The van der Waals surface area contributed by atoms with Crippen molar-refractivity contribution >= 4 is 29.6 Å². The van der Waals surface area contributed by atoms with Crippen LogP contribution in [0.5, 0.6) is 0 Å². The number of rotatable bonds is 11. The monoisotopic (exact) mass is 441 g/mol. The van der Waals surface area contributed by atoms with Crippen molar-refractivity contribution in [1.82, 2.24) is 20.9 Å². The Morgan fingerprint density at radius 2 is 1.71 bits per heavy atom. The second kappa shape index (κ2) is 12.2. The number of hydrogen-bond donors (Lipinski definition) is 5. The topological polar surface area (TPSA) is 171 Å². The third-order valence-electron chi connectivity index (χ3n) is 5.04. The van der Waals surface area contributed by atoms with E-state index in [1.165, 1.54) is 4.90 Å². The molecule has 4 amide bonds. The lowest BCUT2D eigenvalue weighted by molar-refractivity contribution is -0.143. The maximum atomic E-state index is 13.1. The summed E-state index contributed by atoms with van der Waals surface area (Å²) in [4.78, 5) is 61.8. The average Bonchev–Trinajstić information content (AvgIpc) is 3.17. The van der Waals surface area contributed by atoms with E-state index in [0.717, 1.165) is 0 Å². The summed E-state index contributed by atoms with van der Waals surface area (Å²) in [5, 5.41) is 16.2. The van der Waals surface area contributed by atoms with Gasteiger partial charge in [-0.15, -0.1) is 0 Å². The number of carboxylic acid groups (broad SMARTS) is 1. The molecule has 0 spiro atoms. The lowest BCUT2D eigenvalue weighted by Gasteiger charge is -2.29. The molecular formula is C20H35N5O6. The van der Waals surface area contributed by atoms with Gasteiger partial charge in [0, 0.05) is 6.54 Å². The first kappa shape index (κ1) is 26.3. The molecule has 0 aliphatic carbocycles. The maximum absolute atomic E-state index is 13.1. The number of carboxylic acids is 1. The standard InChI is InChI=1S/C20H35N5O6/c1-11(2)8-13(24-15(26)9-22-19(30)17(21)12(3)4)20(31)25-7-5-6-14(25)18(29)23-10-16(27)28/h11-14,17H,5-10,21H2,1-4H3,(H,22,30)(H,23,29)(H,24,26)(H,27,28)/t13-,14-,17-/m0/s1. The van der Waals surface area contributed by atoms with Crippen LogP contribution in [-0.2, 0) is 24.0 Å². The zero-order valence-corrected chi connectivity index (χ0v) is 18.6. The average molecular weight is 442 g/mol. The highest BCUT2D eigenvalue weighted by Gasteiger charge is 2.37. The van der Waals surface area contributed by atoms with Gasteiger partial charge in [-0.3, -0.25) is 24.0 Å². The summed E-state index contributed by atoms with van der Waals surface area (Å²) in [5.74, 6) is -3.09. The summed E-state index contributed by atoms with van der Waals surface area (Å²) in [5.41, 5.74) is 5.75. The number of amides is 4. The number of nitrogens with two attached hydrogens (primary N) is 1. The van der Waals surface area contributed by atoms with E-state index < -0.39 is 54.3 Å². The van der Waals surface area contributed by atoms with Gasteiger partial charge in [0.05, 0.1) is 12.6 Å². The Morgan fingerprint density at radius 1 is 1.06 bits per heavy atom. The zero-order valence-electron chi connectivity index (χ0n) is 18.6. The van der Waals surface area contributed by atoms with Crippen molar-refractivity contribution in [1.29, 1.82) is 0 Å². The van der Waals surface area contributed by atoms with Gasteiger partial charge in [-0.1, -0.05) is 27.7 Å². The number of aliphatic carboxylic acids is 1. The molecule has 11 heteroatoms. The Kier molecular flexibility index (Phi) is 10.4. The Balaban J connectivity index is 2.77. The molecule has 0 bridgehead atoms. The Hall–Kier alpha value is -2.69. The number of carbonyl (C=O) groups excluding carboxylic acids is 4. The lowest BCUT2D eigenvalue weighted by Crippen LogP contribution is -2.55. The van der Waals surface area contributed by atoms with E-state index in [4.69, 9.17) is 10.8 Å². The van der Waals surface area contributed by atoms with Crippen LogP contribution in [0.15, 0.2) is 0 Å². The predicted molar refractivity (Wildman–Crippen MR) is 113 cm³/mol. The van der Waals surface area contributed by atoms with Gasteiger partial charge in [0.25, 0.3) is 0 Å². The van der Waals surface area contributed by atoms with Crippen molar-refractivity contribution in [3.63, 3.8) is 0 Å². The highest BCUT2D eigenvalue weighted by molar-refractivity contribution is 5.94. The quantitative estimate of drug-likeness (QED) is 0.268. The zero-order chi connectivity index (χ0) is 23.7. The lowest BCUT2D eigenvalue weighted by atomic mass is 10.0. The van der Waals surface area contributed by atoms with Gasteiger partial charge in [0.2, 0.25) is 23.6 Å². The predicted octanol–water partition coefficient (Wildman–Crippen LogP) is -1.19. The minimum atomic E-state index is -1.17. The minimum Gasteiger partial charge on any atom is -0.480 e. The van der Waals surface area contributed by atoms with Crippen molar-refractivity contribution < 1.29 is 29.1 Å². The molecule has 3 atom stereocenters. The van der Waals surface area contributed by atoms with E-state index in [2.05, 4.69) is 16.0 Å². The van der Waals surface area contributed by atoms with Crippen LogP contribution in [0, 0.1) is 11.8 Å². The molecule has 0 radical (unpaired) electrons. The molecule has 1 rings (SSSR count). The van der Waals surface area contributed by atoms with Crippen molar-refractivity contribution in [3.8, 4) is 0 Å². The van der Waals surface area contributed by atoms with Crippen LogP contribution >= 0.6 is 0 Å². The third kappa shape index (κ3) is 8.52. The molecule has 31 heavy (non-hydrogen) atoms. The maximum Gasteiger partial charge on any atom is 0.322 e. The van der Waals surface area contributed by atoms with E-state index in [-0.39, 0.29) is 18.4 Å². The van der Waals surface area contributed by atoms with E-state index in [9.17, 15) is 24.0 Å². The van der Waals surface area contributed by atoms with Gasteiger partial charge < -0.3 is 31.7 Å². The molecule has 1 aliphatic rings. The van der Waals surface area contributed by atoms with Gasteiger partial charge >= 0.3 is 5.97 Å². The van der Waals surface area contributed by atoms with E-state index in [1.54, 1.807) is 13.8 Å². The summed E-state index contributed by atoms with van der Waals surface area (Å²) < 4.78 is 0. The van der Waals surface area contributed by atoms with Crippen LogP contribution in [-0.4, -0.2) is 77.4 Å². The summed E-state index contributed by atoms with van der Waals surface area (Å²) >= 11 is 0. The molecule has 0 aromatic rings. The number of carbonyl (C=O) groups is 5. The molecule has 0 unspecified atom stereocenters. The molecule has 0 aromatic heterocycles. The van der Waals surface area contributed by atoms with Gasteiger partial charge in [-0.2, -0.15) is 0 Å². The van der Waals surface area contributed by atoms with Gasteiger partial charge in [-0.25, -0.2) is 0 Å². The third-order valence-corrected chi connectivity index (χ3v) is 5.04. The largest absolute Gasteiger partial charge is 0.480 e. The fourth-order valence-corrected chi connectivity index (χ4v) is 3.31. The van der Waals surface area contributed by atoms with Crippen molar-refractivity contribution in [3.05, 3.63) is 0 Å². The number of hydrogen-bond acceptors (Lipinski definition) is 6. The van der Waals surface area contributed by atoms with E-state index >= 15 is 0 Å². The van der Waals surface area contributed by atoms with Crippen LogP contribution in [0.2, 0.25) is 0 Å². The first-order valence-electron chi connectivity index (χ1n) is 10.6. The second-order valence-electron chi connectivity index (χ2n) is 8.54. The summed E-state index contributed by atoms with van der Waals surface area (Å²) in [6.45, 7) is 6.88. The molecular weight excluding hydrogens is 406 g/mol. The minimum absolute atomic E-state index is 0.0834. The molecule has 1 saturated heterocycles. The van der Waals surface area contributed by atoms with Gasteiger partial charge in [0.15, 0.2) is 0 Å². The Morgan fingerprint density at radius 3 is 2.26 bits per heavy atom. The van der Waals surface area contributed by atoms with Gasteiger partial charge in [0.1, 0.15) is 18.6 Å². The first-order chi connectivity index (χ1) is 14.4. The molecule has 176 valence electrons. The van der Waals surface area contributed by atoms with Crippen LogP contribution < -0.4 is 21.7 Å². The van der Waals surface area contributed by atoms with Crippen LogP contribution in [0.3, 0.4) is 0 Å². The normalized spacial score (nSPS) is 17.9. The fraction of sp³-hybridized carbons (Fsp3) is 0.750. The molecule has 11 nitrogen and oxygen atoms in total. The molecule has 0 aromatic carbocycles. The fourth-order valence-electron chi connectivity index (χ4n) is 3.31. The Bertz CT molecular complexity index is 681. The van der Waals surface area contributed by atoms with E-state index in [0.29, 0.717) is 25.8 Å². The molecule has 1 heterocycles. The van der Waals surface area contributed by atoms with E-state index in [1.807, 2.05) is 13.8 Å². The molecule has 1 fully saturated rings. The highest BCUT2D eigenvalue weighted by Crippen LogP contribution is 2.20. The highest BCUT2D eigenvalue weighted by atomic mass is 16.4. The van der Waals surface area contributed by atoms with Crippen LogP contribution in [0.4, 0.5) is 0 Å². The SMILES string of the molecule is CC(C)C[C@H](NC(=O)CNC(=O)[C@@H](N)C(C)C)C(=O)N1CCC[C@H]1C(=O)NCC(=O)O. The van der Waals surface area contributed by atoms with Crippen molar-refractivity contribution in [2.75, 3.05) is 19.6 Å². The number of nitrogens with one attached hydrogen (secondary N) is 3. The molecule has 1 aliphatic heterocycles. The summed E-state index contributed by atoms with van der Waals surface area (Å²) in [7, 11) is 0. The smallest absolute Gasteiger partial charge is 0.322 e.